The molecule has 1 unspecified atom stereocenters. The molecule has 0 aromatic heterocycles. The van der Waals surface area contributed by atoms with Crippen LogP contribution in [0.2, 0.25) is 0 Å². The van der Waals surface area contributed by atoms with Crippen LogP contribution in [0.3, 0.4) is 0 Å². The van der Waals surface area contributed by atoms with Crippen LogP contribution in [0.1, 0.15) is 11.6 Å². The summed E-state index contributed by atoms with van der Waals surface area (Å²) in [5.74, 6) is -0.836. The first-order valence-corrected chi connectivity index (χ1v) is 7.72. The lowest BCUT2D eigenvalue weighted by Crippen LogP contribution is -2.44. The van der Waals surface area contributed by atoms with Gasteiger partial charge in [0.05, 0.1) is 0 Å². The number of benzene rings is 2. The van der Waals surface area contributed by atoms with Crippen LogP contribution in [0.4, 0.5) is 9.18 Å². The number of nitrogens with two attached hydrogens (primary N) is 1. The van der Waals surface area contributed by atoms with E-state index < -0.39 is 23.8 Å². The van der Waals surface area contributed by atoms with E-state index in [0.29, 0.717) is 12.1 Å². The van der Waals surface area contributed by atoms with E-state index in [0.717, 1.165) is 0 Å². The molecule has 6 nitrogen and oxygen atoms in total. The molecule has 3 N–H and O–H groups in total. The number of likely N-dealkylation sites (N-methyl/N-ethyl adjacent to an activating group) is 1. The predicted octanol–water partition coefficient (Wildman–Crippen LogP) is 2.07. The van der Waals surface area contributed by atoms with Crippen molar-refractivity contribution in [3.63, 3.8) is 0 Å². The van der Waals surface area contributed by atoms with Crippen LogP contribution in [-0.2, 0) is 4.79 Å². The maximum Gasteiger partial charge on any atom is 0.318 e. The number of nitrogens with one attached hydrogen (secondary N) is 1. The molecule has 2 rings (SSSR count). The summed E-state index contributed by atoms with van der Waals surface area (Å²) in [6, 6.07) is 13.4. The molecule has 0 radical (unpaired) electrons. The van der Waals surface area contributed by atoms with Gasteiger partial charge in [0, 0.05) is 6.54 Å². The molecule has 0 aliphatic carbocycles. The zero-order valence-corrected chi connectivity index (χ0v) is 13.8. The van der Waals surface area contributed by atoms with E-state index >= 15 is 0 Å². The second kappa shape index (κ2) is 8.79. The van der Waals surface area contributed by atoms with Gasteiger partial charge in [0.1, 0.15) is 12.6 Å². The first kappa shape index (κ1) is 18.4. The van der Waals surface area contributed by atoms with E-state index in [1.54, 1.807) is 48.3 Å². The van der Waals surface area contributed by atoms with Crippen LogP contribution in [0, 0.1) is 5.82 Å². The Morgan fingerprint density at radius 3 is 2.44 bits per heavy atom. The van der Waals surface area contributed by atoms with E-state index in [1.807, 2.05) is 6.07 Å². The van der Waals surface area contributed by atoms with Crippen molar-refractivity contribution in [2.24, 2.45) is 5.73 Å². The number of nitrogens with zero attached hydrogens (tertiary/aromatic N) is 1. The zero-order valence-electron chi connectivity index (χ0n) is 13.8. The topological polar surface area (TPSA) is 84.7 Å². The highest BCUT2D eigenvalue weighted by Crippen LogP contribution is 2.20. The third kappa shape index (κ3) is 5.29. The summed E-state index contributed by atoms with van der Waals surface area (Å²) in [5.41, 5.74) is 5.75. The minimum Gasteiger partial charge on any atom is -0.489 e. The Kier molecular flexibility index (Phi) is 6.47. The molecule has 0 aliphatic rings. The molecule has 0 saturated carbocycles. The summed E-state index contributed by atoms with van der Waals surface area (Å²) in [5, 5.41) is 2.10. The lowest BCUT2D eigenvalue weighted by atomic mass is 10.0. The van der Waals surface area contributed by atoms with Gasteiger partial charge in [-0.15, -0.1) is 0 Å². The third-order valence-electron chi connectivity index (χ3n) is 3.59. The molecule has 0 bridgehead atoms. The van der Waals surface area contributed by atoms with Crippen molar-refractivity contribution in [1.29, 1.82) is 0 Å². The number of carbonyl (C=O) groups is 2. The van der Waals surface area contributed by atoms with E-state index in [9.17, 15) is 14.0 Å². The van der Waals surface area contributed by atoms with E-state index in [1.165, 1.54) is 12.1 Å². The van der Waals surface area contributed by atoms with Crippen LogP contribution in [0.25, 0.3) is 0 Å². The SMILES string of the molecule is CN(CCOc1ccccc1F)C(C(=O)NC(N)=O)c1ccccc1. The molecule has 3 amide bonds. The number of rotatable bonds is 7. The number of halogens is 1. The Bertz CT molecular complexity index is 725. The monoisotopic (exact) mass is 345 g/mol. The predicted molar refractivity (Wildman–Crippen MR) is 91.4 cm³/mol. The molecule has 25 heavy (non-hydrogen) atoms. The van der Waals surface area contributed by atoms with Crippen LogP contribution in [-0.4, -0.2) is 37.0 Å². The van der Waals surface area contributed by atoms with Gasteiger partial charge < -0.3 is 10.5 Å². The van der Waals surface area contributed by atoms with Gasteiger partial charge in [-0.2, -0.15) is 0 Å². The first-order chi connectivity index (χ1) is 12.0. The molecule has 2 aromatic carbocycles. The molecule has 1 atom stereocenters. The molecule has 0 spiro atoms. The molecule has 0 aliphatic heterocycles. The number of hydrogen-bond acceptors (Lipinski definition) is 4. The number of ether oxygens (including phenoxy) is 1. The average molecular weight is 345 g/mol. The maximum atomic E-state index is 13.6. The number of para-hydroxylation sites is 1. The fourth-order valence-electron chi connectivity index (χ4n) is 2.42. The molecular weight excluding hydrogens is 325 g/mol. The van der Waals surface area contributed by atoms with E-state index in [4.69, 9.17) is 10.5 Å². The molecule has 7 heteroatoms. The number of amides is 3. The lowest BCUT2D eigenvalue weighted by molar-refractivity contribution is -0.125. The number of carbonyl (C=O) groups excluding carboxylic acids is 2. The smallest absolute Gasteiger partial charge is 0.318 e. The highest BCUT2D eigenvalue weighted by atomic mass is 19.1. The quantitative estimate of drug-likeness (QED) is 0.804. The summed E-state index contributed by atoms with van der Waals surface area (Å²) in [4.78, 5) is 25.0. The summed E-state index contributed by atoms with van der Waals surface area (Å²) in [6.45, 7) is 0.505. The lowest BCUT2D eigenvalue weighted by Gasteiger charge is -2.27. The second-order valence-electron chi connectivity index (χ2n) is 5.43. The average Bonchev–Trinajstić information content (AvgIpc) is 2.57. The summed E-state index contributed by atoms with van der Waals surface area (Å²) < 4.78 is 19.0. The van der Waals surface area contributed by atoms with Crippen molar-refractivity contribution < 1.29 is 18.7 Å². The molecular formula is C18H20FN3O3. The highest BCUT2D eigenvalue weighted by Gasteiger charge is 2.26. The summed E-state index contributed by atoms with van der Waals surface area (Å²) in [7, 11) is 1.71. The van der Waals surface area contributed by atoms with Gasteiger partial charge >= 0.3 is 6.03 Å². The summed E-state index contributed by atoms with van der Waals surface area (Å²) in [6.07, 6.45) is 0. The van der Waals surface area contributed by atoms with Crippen LogP contribution >= 0.6 is 0 Å². The van der Waals surface area contributed by atoms with E-state index in [-0.39, 0.29) is 12.4 Å². The zero-order chi connectivity index (χ0) is 18.2. The minimum absolute atomic E-state index is 0.147. The van der Waals surface area contributed by atoms with Gasteiger partial charge in [0.15, 0.2) is 11.6 Å². The molecule has 132 valence electrons. The Labute approximate surface area is 145 Å². The third-order valence-corrected chi connectivity index (χ3v) is 3.59. The van der Waals surface area contributed by atoms with Gasteiger partial charge in [0.2, 0.25) is 5.91 Å². The minimum atomic E-state index is -0.915. The van der Waals surface area contributed by atoms with Crippen molar-refractivity contribution in [2.75, 3.05) is 20.2 Å². The largest absolute Gasteiger partial charge is 0.489 e. The van der Waals surface area contributed by atoms with Crippen LogP contribution in [0.15, 0.2) is 54.6 Å². The number of urea groups is 1. The Morgan fingerprint density at radius 2 is 1.80 bits per heavy atom. The van der Waals surface area contributed by atoms with E-state index in [2.05, 4.69) is 5.32 Å². The van der Waals surface area contributed by atoms with Crippen LogP contribution < -0.4 is 15.8 Å². The van der Waals surface area contributed by atoms with Crippen LogP contribution in [0.5, 0.6) is 5.75 Å². The number of hydrogen-bond donors (Lipinski definition) is 2. The van der Waals surface area contributed by atoms with Crippen molar-refractivity contribution in [3.8, 4) is 5.75 Å². The highest BCUT2D eigenvalue weighted by molar-refractivity contribution is 5.96. The van der Waals surface area contributed by atoms with Gasteiger partial charge in [-0.25, -0.2) is 9.18 Å². The molecule has 2 aromatic rings. The second-order valence-corrected chi connectivity index (χ2v) is 5.43. The van der Waals surface area contributed by atoms with Crippen molar-refractivity contribution in [2.45, 2.75) is 6.04 Å². The Hall–Kier alpha value is -2.93. The normalized spacial score (nSPS) is 11.8. The standard InChI is InChI=1S/C18H20FN3O3/c1-22(11-12-25-15-10-6-5-9-14(15)19)16(17(23)21-18(20)24)13-7-3-2-4-8-13/h2-10,16H,11-12H2,1H3,(H3,20,21,23,24). The maximum absolute atomic E-state index is 13.6. The Balaban J connectivity index is 2.05. The van der Waals surface area contributed by atoms with Crippen molar-refractivity contribution in [1.82, 2.24) is 10.2 Å². The fourth-order valence-corrected chi connectivity index (χ4v) is 2.42. The van der Waals surface area contributed by atoms with Crippen molar-refractivity contribution in [3.05, 3.63) is 66.0 Å². The first-order valence-electron chi connectivity index (χ1n) is 7.72. The summed E-state index contributed by atoms with van der Waals surface area (Å²) >= 11 is 0. The fraction of sp³-hybridized carbons (Fsp3) is 0.222. The van der Waals surface area contributed by atoms with Crippen molar-refractivity contribution >= 4 is 11.9 Å². The molecule has 0 saturated heterocycles. The molecule has 0 fully saturated rings. The van der Waals surface area contributed by atoms with Gasteiger partial charge in [-0.05, 0) is 24.7 Å². The number of imide groups is 1. The van der Waals surface area contributed by atoms with Gasteiger partial charge in [-0.1, -0.05) is 42.5 Å². The van der Waals surface area contributed by atoms with Gasteiger partial charge in [-0.3, -0.25) is 15.0 Å². The van der Waals surface area contributed by atoms with Gasteiger partial charge in [0.25, 0.3) is 0 Å². The Morgan fingerprint density at radius 1 is 1.16 bits per heavy atom. The number of primary amides is 1. The molecule has 0 heterocycles.